The highest BCUT2D eigenvalue weighted by atomic mass is 16.5. The van der Waals surface area contributed by atoms with E-state index in [1.807, 2.05) is 146 Å². The molecule has 2 heterocycles. The zero-order chi connectivity index (χ0) is 34.1. The topological polar surface area (TPSA) is 164 Å². The van der Waals surface area contributed by atoms with Gasteiger partial charge in [0.15, 0.2) is 23.6 Å². The van der Waals surface area contributed by atoms with E-state index in [1.54, 1.807) is 0 Å². The Morgan fingerprint density at radius 1 is 0.380 bits per heavy atom. The summed E-state index contributed by atoms with van der Waals surface area (Å²) in [5, 5.41) is 35.6. The van der Waals surface area contributed by atoms with Crippen molar-refractivity contribution in [1.29, 1.82) is 10.8 Å². The van der Waals surface area contributed by atoms with Crippen LogP contribution >= 0.6 is 0 Å². The van der Waals surface area contributed by atoms with E-state index >= 15 is 0 Å². The van der Waals surface area contributed by atoms with Gasteiger partial charge in [0.1, 0.15) is 11.4 Å². The van der Waals surface area contributed by atoms with Crippen LogP contribution in [-0.2, 0) is 9.47 Å². The summed E-state index contributed by atoms with van der Waals surface area (Å²) >= 11 is 0. The number of hydrazone groups is 4. The Kier molecular flexibility index (Phi) is 9.31. The Morgan fingerprint density at radius 2 is 0.660 bits per heavy atom. The van der Waals surface area contributed by atoms with E-state index < -0.39 is 12.2 Å². The van der Waals surface area contributed by atoms with Crippen molar-refractivity contribution in [2.75, 3.05) is 21.7 Å². The molecule has 5 aromatic carbocycles. The summed E-state index contributed by atoms with van der Waals surface area (Å²) in [7, 11) is 0. The Bertz CT molecular complexity index is 1930. The lowest BCUT2D eigenvalue weighted by Crippen LogP contribution is -2.20. The van der Waals surface area contributed by atoms with Gasteiger partial charge in [0, 0.05) is 0 Å². The van der Waals surface area contributed by atoms with Crippen molar-refractivity contribution in [2.45, 2.75) is 12.2 Å². The zero-order valence-corrected chi connectivity index (χ0v) is 26.6. The van der Waals surface area contributed by atoms with Crippen LogP contribution in [-0.4, -0.2) is 34.6 Å². The molecule has 0 spiro atoms. The van der Waals surface area contributed by atoms with Crippen LogP contribution in [0.3, 0.4) is 0 Å². The number of nitrogens with one attached hydrogen (secondary N) is 6. The maximum atomic E-state index is 8.65. The highest BCUT2D eigenvalue weighted by Gasteiger charge is 2.39. The van der Waals surface area contributed by atoms with Crippen LogP contribution in [0.5, 0.6) is 0 Å². The molecule has 0 aliphatic carbocycles. The van der Waals surface area contributed by atoms with E-state index in [0.717, 1.165) is 33.9 Å². The summed E-state index contributed by atoms with van der Waals surface area (Å²) in [6, 6.07) is 45.5. The summed E-state index contributed by atoms with van der Waals surface area (Å²) < 4.78 is 12.1. The Morgan fingerprint density at radius 3 is 0.960 bits per heavy atom. The number of benzene rings is 5. The van der Waals surface area contributed by atoms with Gasteiger partial charge in [-0.15, -0.1) is 0 Å². The van der Waals surface area contributed by atoms with E-state index in [2.05, 4.69) is 42.1 Å². The summed E-state index contributed by atoms with van der Waals surface area (Å²) in [5.74, 6) is -0.228. The first-order chi connectivity index (χ1) is 24.6. The van der Waals surface area contributed by atoms with Gasteiger partial charge in [0.2, 0.25) is 11.8 Å². The van der Waals surface area contributed by atoms with Gasteiger partial charge in [-0.25, -0.2) is 0 Å². The van der Waals surface area contributed by atoms with Crippen LogP contribution in [0.25, 0.3) is 0 Å². The van der Waals surface area contributed by atoms with Crippen molar-refractivity contribution in [2.24, 2.45) is 20.4 Å². The Labute approximate surface area is 288 Å². The molecule has 2 aliphatic rings. The average molecular weight is 661 g/mol. The number of nitrogens with zero attached hydrogens (tertiary/aromatic N) is 4. The normalized spacial score (nSPS) is 20.2. The standard InChI is InChI=1S/C38H32N10O2/c39-37-33(47-43-29-17-9-3-10-18-29)31(45-41-27-13-5-1-6-14-27)35(49-37)25-21-23-26(24-22-25)36-32(46-42-28-15-7-2-8-16-28)34(38(40)50-36)48-44-30-19-11-4-12-20-30/h1-24,35-36,39-44H/b39-37?,40-38?,45-31-,46-32+,47-33-,48-34+/t35-,36+/m1/s1. The van der Waals surface area contributed by atoms with Crippen LogP contribution in [0, 0.1) is 10.8 Å². The van der Waals surface area contributed by atoms with Crippen molar-refractivity contribution in [1.82, 2.24) is 0 Å². The Balaban J connectivity index is 1.18. The van der Waals surface area contributed by atoms with Crippen molar-refractivity contribution in [3.63, 3.8) is 0 Å². The van der Waals surface area contributed by atoms with Crippen LogP contribution in [0.1, 0.15) is 23.3 Å². The summed E-state index contributed by atoms with van der Waals surface area (Å²) in [4.78, 5) is 0. The van der Waals surface area contributed by atoms with Crippen molar-refractivity contribution in [3.8, 4) is 0 Å². The number of para-hydroxylation sites is 4. The maximum Gasteiger partial charge on any atom is 0.237 e. The molecule has 0 saturated carbocycles. The van der Waals surface area contributed by atoms with Crippen molar-refractivity contribution < 1.29 is 9.47 Å². The van der Waals surface area contributed by atoms with E-state index in [0.29, 0.717) is 11.4 Å². The fraction of sp³-hybridized carbons (Fsp3) is 0.0526. The van der Waals surface area contributed by atoms with Gasteiger partial charge in [0.05, 0.1) is 22.7 Å². The molecular formula is C38H32N10O2. The number of rotatable bonds is 10. The largest absolute Gasteiger partial charge is 0.461 e. The quantitative estimate of drug-likeness (QED) is 0.0843. The first kappa shape index (κ1) is 31.5. The number of hydrogen-bond acceptors (Lipinski definition) is 12. The molecular weight excluding hydrogens is 628 g/mol. The van der Waals surface area contributed by atoms with Crippen molar-refractivity contribution >= 4 is 57.4 Å². The lowest BCUT2D eigenvalue weighted by Gasteiger charge is -2.14. The molecule has 2 atom stereocenters. The summed E-state index contributed by atoms with van der Waals surface area (Å²) in [5.41, 5.74) is 18.1. The highest BCUT2D eigenvalue weighted by molar-refractivity contribution is 6.70. The molecule has 0 bridgehead atoms. The van der Waals surface area contributed by atoms with Crippen LogP contribution in [0.4, 0.5) is 22.7 Å². The Hall–Kier alpha value is -7.08. The second-order valence-electron chi connectivity index (χ2n) is 11.1. The smallest absolute Gasteiger partial charge is 0.237 e. The molecule has 2 saturated heterocycles. The van der Waals surface area contributed by atoms with E-state index in [9.17, 15) is 0 Å². The van der Waals surface area contributed by atoms with Gasteiger partial charge in [-0.1, -0.05) is 97.1 Å². The maximum absolute atomic E-state index is 8.65. The van der Waals surface area contributed by atoms with Gasteiger partial charge in [-0.3, -0.25) is 32.5 Å². The van der Waals surface area contributed by atoms with Crippen LogP contribution < -0.4 is 21.7 Å². The molecule has 6 N–H and O–H groups in total. The molecule has 12 nitrogen and oxygen atoms in total. The van der Waals surface area contributed by atoms with Gasteiger partial charge < -0.3 is 9.47 Å². The van der Waals surface area contributed by atoms with E-state index in [-0.39, 0.29) is 23.2 Å². The molecule has 2 fully saturated rings. The molecule has 0 aromatic heterocycles. The number of ether oxygens (including phenoxy) is 2. The molecule has 2 aliphatic heterocycles. The van der Waals surface area contributed by atoms with Crippen LogP contribution in [0.2, 0.25) is 0 Å². The number of anilines is 4. The highest BCUT2D eigenvalue weighted by Crippen LogP contribution is 2.32. The second-order valence-corrected chi connectivity index (χ2v) is 11.1. The first-order valence-corrected chi connectivity index (χ1v) is 15.8. The molecule has 246 valence electrons. The minimum atomic E-state index is -0.716. The van der Waals surface area contributed by atoms with Gasteiger partial charge in [-0.2, -0.15) is 20.4 Å². The predicted molar refractivity (Wildman–Crippen MR) is 200 cm³/mol. The fourth-order valence-corrected chi connectivity index (χ4v) is 5.22. The van der Waals surface area contributed by atoms with Gasteiger partial charge in [0.25, 0.3) is 0 Å². The van der Waals surface area contributed by atoms with Crippen molar-refractivity contribution in [3.05, 3.63) is 157 Å². The third-order valence-electron chi connectivity index (χ3n) is 7.73. The lowest BCUT2D eigenvalue weighted by molar-refractivity contribution is 0.271. The van der Waals surface area contributed by atoms with Gasteiger partial charge >= 0.3 is 0 Å². The molecule has 0 radical (unpaired) electrons. The minimum Gasteiger partial charge on any atom is -0.461 e. The number of hydrogen-bond donors (Lipinski definition) is 6. The molecule has 0 amide bonds. The monoisotopic (exact) mass is 660 g/mol. The lowest BCUT2D eigenvalue weighted by atomic mass is 9.98. The predicted octanol–water partition coefficient (Wildman–Crippen LogP) is 7.66. The molecule has 50 heavy (non-hydrogen) atoms. The summed E-state index contributed by atoms with van der Waals surface area (Å²) in [6.07, 6.45) is -1.43. The summed E-state index contributed by atoms with van der Waals surface area (Å²) in [6.45, 7) is 0. The van der Waals surface area contributed by atoms with Crippen LogP contribution in [0.15, 0.2) is 166 Å². The molecule has 12 heteroatoms. The van der Waals surface area contributed by atoms with Gasteiger partial charge in [-0.05, 0) is 59.7 Å². The van der Waals surface area contributed by atoms with E-state index in [1.165, 1.54) is 0 Å². The molecule has 5 aromatic rings. The average Bonchev–Trinajstić information content (AvgIpc) is 3.67. The molecule has 0 unspecified atom stereocenters. The SMILES string of the molecule is N=C1O[C@H](c2ccc([C@@H]3OC(=N)C(=N/Nc4ccccc4)/C3=N\Nc3ccccc3)cc2)C(=N\Nc2ccccc2)/C1=N/Nc1ccccc1. The zero-order valence-electron chi connectivity index (χ0n) is 26.6. The minimum absolute atomic E-state index is 0.114. The fourth-order valence-electron chi connectivity index (χ4n) is 5.22. The molecule has 7 rings (SSSR count). The first-order valence-electron chi connectivity index (χ1n) is 15.8. The van der Waals surface area contributed by atoms with E-state index in [4.69, 9.17) is 20.3 Å². The second kappa shape index (κ2) is 14.8. The third kappa shape index (κ3) is 7.24. The third-order valence-corrected chi connectivity index (χ3v) is 7.73.